The third-order valence-electron chi connectivity index (χ3n) is 1.99. The van der Waals surface area contributed by atoms with Gasteiger partial charge in [0.2, 0.25) is 0 Å². The molecule has 0 unspecified atom stereocenters. The van der Waals surface area contributed by atoms with Gasteiger partial charge in [-0.25, -0.2) is 0 Å². The van der Waals surface area contributed by atoms with Gasteiger partial charge in [0.15, 0.2) is 0 Å². The average Bonchev–Trinajstić information content (AvgIpc) is 2.72. The molecule has 0 atom stereocenters. The summed E-state index contributed by atoms with van der Waals surface area (Å²) in [6, 6.07) is 1.98. The Morgan fingerprint density at radius 3 is 2.71 bits per heavy atom. The van der Waals surface area contributed by atoms with E-state index in [1.165, 1.54) is 0 Å². The molecular weight excluding hydrogens is 178 g/mol. The molecule has 2 heterocycles. The molecule has 0 aliphatic carbocycles. The van der Waals surface area contributed by atoms with E-state index in [1.807, 2.05) is 34.7 Å². The van der Waals surface area contributed by atoms with Gasteiger partial charge in [0.05, 0.1) is 30.7 Å². The molecule has 0 saturated carbocycles. The van der Waals surface area contributed by atoms with E-state index in [-0.39, 0.29) is 0 Å². The van der Waals surface area contributed by atoms with Crippen LogP contribution in [0.1, 0.15) is 5.69 Å². The first kappa shape index (κ1) is 8.80. The highest BCUT2D eigenvalue weighted by Gasteiger charge is 1.96. The van der Waals surface area contributed by atoms with Crippen LogP contribution in [0.2, 0.25) is 0 Å². The molecule has 2 aromatic rings. The van der Waals surface area contributed by atoms with Gasteiger partial charge in [-0.05, 0) is 13.0 Å². The van der Waals surface area contributed by atoms with Crippen molar-refractivity contribution in [1.82, 2.24) is 19.6 Å². The van der Waals surface area contributed by atoms with Crippen LogP contribution in [0, 0.1) is 6.92 Å². The highest BCUT2D eigenvalue weighted by molar-refractivity contribution is 5.30. The van der Waals surface area contributed by atoms with Gasteiger partial charge in [0, 0.05) is 12.4 Å². The zero-order chi connectivity index (χ0) is 9.97. The minimum absolute atomic E-state index is 0.696. The molecule has 74 valence electrons. The highest BCUT2D eigenvalue weighted by atomic mass is 15.3. The molecule has 14 heavy (non-hydrogen) atoms. The fourth-order valence-electron chi connectivity index (χ4n) is 1.29. The van der Waals surface area contributed by atoms with Crippen molar-refractivity contribution in [3.8, 4) is 0 Å². The average molecular weight is 191 g/mol. The second kappa shape index (κ2) is 3.53. The third-order valence-corrected chi connectivity index (χ3v) is 1.99. The number of nitrogens with zero attached hydrogens (tertiary/aromatic N) is 4. The van der Waals surface area contributed by atoms with Crippen molar-refractivity contribution in [2.45, 2.75) is 20.0 Å². The number of aromatic nitrogens is 4. The van der Waals surface area contributed by atoms with Crippen molar-refractivity contribution in [2.24, 2.45) is 0 Å². The van der Waals surface area contributed by atoms with Crippen LogP contribution in [-0.2, 0) is 13.1 Å². The summed E-state index contributed by atoms with van der Waals surface area (Å²) in [6.07, 6.45) is 5.42. The Morgan fingerprint density at radius 1 is 1.36 bits per heavy atom. The SMILES string of the molecule is Cc1ccn(CCn2cc(N)cn2)n1. The first-order valence-corrected chi connectivity index (χ1v) is 4.52. The van der Waals surface area contributed by atoms with Crippen LogP contribution in [0.15, 0.2) is 24.7 Å². The maximum absolute atomic E-state index is 5.55. The molecule has 0 bridgehead atoms. The first-order valence-electron chi connectivity index (χ1n) is 4.52. The molecule has 5 nitrogen and oxygen atoms in total. The van der Waals surface area contributed by atoms with Gasteiger partial charge in [-0.1, -0.05) is 0 Å². The van der Waals surface area contributed by atoms with Crippen molar-refractivity contribution >= 4 is 5.69 Å². The van der Waals surface area contributed by atoms with E-state index in [2.05, 4.69) is 10.2 Å². The van der Waals surface area contributed by atoms with E-state index in [4.69, 9.17) is 5.73 Å². The van der Waals surface area contributed by atoms with E-state index >= 15 is 0 Å². The molecule has 0 fully saturated rings. The molecule has 0 aromatic carbocycles. The second-order valence-corrected chi connectivity index (χ2v) is 3.26. The van der Waals surface area contributed by atoms with Gasteiger partial charge >= 0.3 is 0 Å². The Hall–Kier alpha value is -1.78. The molecule has 0 aliphatic rings. The van der Waals surface area contributed by atoms with Gasteiger partial charge < -0.3 is 5.73 Å². The van der Waals surface area contributed by atoms with Crippen LogP contribution in [0.3, 0.4) is 0 Å². The Balaban J connectivity index is 1.94. The minimum Gasteiger partial charge on any atom is -0.396 e. The summed E-state index contributed by atoms with van der Waals surface area (Å²) in [5.41, 5.74) is 7.27. The predicted octanol–water partition coefficient (Wildman–Crippen LogP) is 0.670. The summed E-state index contributed by atoms with van der Waals surface area (Å²) < 4.78 is 3.71. The number of nitrogen functional groups attached to an aromatic ring is 1. The lowest BCUT2D eigenvalue weighted by Gasteiger charge is -2.01. The summed E-state index contributed by atoms with van der Waals surface area (Å²) in [4.78, 5) is 0. The number of hydrogen-bond donors (Lipinski definition) is 1. The van der Waals surface area contributed by atoms with Crippen molar-refractivity contribution in [2.75, 3.05) is 5.73 Å². The fourth-order valence-corrected chi connectivity index (χ4v) is 1.29. The Morgan fingerprint density at radius 2 is 2.14 bits per heavy atom. The summed E-state index contributed by atoms with van der Waals surface area (Å²) >= 11 is 0. The van der Waals surface area contributed by atoms with Crippen molar-refractivity contribution < 1.29 is 0 Å². The maximum atomic E-state index is 5.55. The minimum atomic E-state index is 0.696. The summed E-state index contributed by atoms with van der Waals surface area (Å²) in [7, 11) is 0. The van der Waals surface area contributed by atoms with Crippen LogP contribution in [0.5, 0.6) is 0 Å². The quantitative estimate of drug-likeness (QED) is 0.775. The van der Waals surface area contributed by atoms with E-state index < -0.39 is 0 Å². The zero-order valence-corrected chi connectivity index (χ0v) is 8.09. The smallest absolute Gasteiger partial charge is 0.0719 e. The molecular formula is C9H13N5. The van der Waals surface area contributed by atoms with E-state index in [0.29, 0.717) is 5.69 Å². The lowest BCUT2D eigenvalue weighted by molar-refractivity contribution is 0.498. The molecule has 0 amide bonds. The van der Waals surface area contributed by atoms with Gasteiger partial charge in [-0.2, -0.15) is 10.2 Å². The van der Waals surface area contributed by atoms with Crippen LogP contribution in [0.25, 0.3) is 0 Å². The molecule has 5 heteroatoms. The monoisotopic (exact) mass is 191 g/mol. The van der Waals surface area contributed by atoms with Crippen LogP contribution in [-0.4, -0.2) is 19.6 Å². The van der Waals surface area contributed by atoms with Crippen molar-refractivity contribution in [3.05, 3.63) is 30.4 Å². The van der Waals surface area contributed by atoms with Crippen LogP contribution in [0.4, 0.5) is 5.69 Å². The molecule has 2 N–H and O–H groups in total. The molecule has 0 radical (unpaired) electrons. The molecule has 2 rings (SSSR count). The highest BCUT2D eigenvalue weighted by Crippen LogP contribution is 1.99. The van der Waals surface area contributed by atoms with Crippen LogP contribution < -0.4 is 5.73 Å². The predicted molar refractivity (Wildman–Crippen MR) is 53.6 cm³/mol. The fraction of sp³-hybridized carbons (Fsp3) is 0.333. The van der Waals surface area contributed by atoms with E-state index in [0.717, 1.165) is 18.8 Å². The summed E-state index contributed by atoms with van der Waals surface area (Å²) in [6.45, 7) is 3.58. The van der Waals surface area contributed by atoms with Gasteiger partial charge in [0.1, 0.15) is 0 Å². The molecule has 2 aromatic heterocycles. The number of nitrogens with two attached hydrogens (primary N) is 1. The molecule has 0 aliphatic heterocycles. The molecule has 0 spiro atoms. The summed E-state index contributed by atoms with van der Waals surface area (Å²) in [5, 5.41) is 8.37. The van der Waals surface area contributed by atoms with Crippen molar-refractivity contribution in [3.63, 3.8) is 0 Å². The Kier molecular flexibility index (Phi) is 2.22. The standard InChI is InChI=1S/C9H13N5/c1-8-2-3-13(12-8)4-5-14-7-9(10)6-11-14/h2-3,6-7H,4-5,10H2,1H3. The zero-order valence-electron chi connectivity index (χ0n) is 8.09. The number of anilines is 1. The second-order valence-electron chi connectivity index (χ2n) is 3.26. The number of rotatable bonds is 3. The largest absolute Gasteiger partial charge is 0.396 e. The summed E-state index contributed by atoms with van der Waals surface area (Å²) in [5.74, 6) is 0. The Labute approximate surface area is 82.1 Å². The van der Waals surface area contributed by atoms with Crippen LogP contribution >= 0.6 is 0 Å². The van der Waals surface area contributed by atoms with Gasteiger partial charge in [0.25, 0.3) is 0 Å². The van der Waals surface area contributed by atoms with E-state index in [1.54, 1.807) is 6.20 Å². The number of hydrogen-bond acceptors (Lipinski definition) is 3. The first-order chi connectivity index (χ1) is 6.74. The lowest BCUT2D eigenvalue weighted by Crippen LogP contribution is -2.08. The topological polar surface area (TPSA) is 61.7 Å². The number of aryl methyl sites for hydroxylation is 3. The third kappa shape index (κ3) is 1.93. The van der Waals surface area contributed by atoms with Gasteiger partial charge in [-0.15, -0.1) is 0 Å². The maximum Gasteiger partial charge on any atom is 0.0719 e. The molecule has 0 saturated heterocycles. The lowest BCUT2D eigenvalue weighted by atomic mass is 10.5. The van der Waals surface area contributed by atoms with E-state index in [9.17, 15) is 0 Å². The normalized spacial score (nSPS) is 10.6. The van der Waals surface area contributed by atoms with Crippen molar-refractivity contribution in [1.29, 1.82) is 0 Å². The Bertz CT molecular complexity index is 374. The van der Waals surface area contributed by atoms with Gasteiger partial charge in [-0.3, -0.25) is 9.36 Å².